The SMILES string of the molecule is Cc1c(C(=O)NC(C)c2ccc(Cl)s2)cnn1C. The minimum absolute atomic E-state index is 0.0605. The first-order chi connectivity index (χ1) is 8.49. The second kappa shape index (κ2) is 5.12. The van der Waals surface area contributed by atoms with E-state index in [0.29, 0.717) is 5.56 Å². The van der Waals surface area contributed by atoms with Crippen LogP contribution in [-0.4, -0.2) is 15.7 Å². The van der Waals surface area contributed by atoms with Crippen molar-refractivity contribution in [3.8, 4) is 0 Å². The molecule has 18 heavy (non-hydrogen) atoms. The van der Waals surface area contributed by atoms with Gasteiger partial charge in [-0.3, -0.25) is 9.48 Å². The summed E-state index contributed by atoms with van der Waals surface area (Å²) in [5.74, 6) is -0.113. The van der Waals surface area contributed by atoms with Crippen LogP contribution in [0.25, 0.3) is 0 Å². The third kappa shape index (κ3) is 2.57. The van der Waals surface area contributed by atoms with Crippen molar-refractivity contribution in [3.05, 3.63) is 38.8 Å². The molecule has 0 aliphatic carbocycles. The number of aromatic nitrogens is 2. The van der Waals surface area contributed by atoms with Crippen LogP contribution < -0.4 is 5.32 Å². The van der Waals surface area contributed by atoms with Gasteiger partial charge < -0.3 is 5.32 Å². The molecule has 0 aromatic carbocycles. The molecule has 0 aliphatic heterocycles. The number of hydrogen-bond donors (Lipinski definition) is 1. The molecular formula is C12H14ClN3OS. The van der Waals surface area contributed by atoms with Crippen LogP contribution in [0, 0.1) is 6.92 Å². The summed E-state index contributed by atoms with van der Waals surface area (Å²) in [5, 5.41) is 7.00. The highest BCUT2D eigenvalue weighted by atomic mass is 35.5. The number of hydrogen-bond acceptors (Lipinski definition) is 3. The number of nitrogens with zero attached hydrogens (tertiary/aromatic N) is 2. The summed E-state index contributed by atoms with van der Waals surface area (Å²) in [6.45, 7) is 3.81. The molecule has 2 heterocycles. The number of halogens is 1. The van der Waals surface area contributed by atoms with E-state index in [1.807, 2.05) is 33.0 Å². The Hall–Kier alpha value is -1.33. The monoisotopic (exact) mass is 283 g/mol. The predicted molar refractivity (Wildman–Crippen MR) is 73.2 cm³/mol. The van der Waals surface area contributed by atoms with Gasteiger partial charge in [-0.25, -0.2) is 0 Å². The average molecular weight is 284 g/mol. The van der Waals surface area contributed by atoms with E-state index >= 15 is 0 Å². The number of carbonyl (C=O) groups is 1. The Morgan fingerprint density at radius 1 is 1.56 bits per heavy atom. The Morgan fingerprint density at radius 3 is 2.78 bits per heavy atom. The molecule has 1 amide bonds. The van der Waals surface area contributed by atoms with Gasteiger partial charge in [0.05, 0.1) is 22.1 Å². The minimum Gasteiger partial charge on any atom is -0.345 e. The van der Waals surface area contributed by atoms with Gasteiger partial charge in [-0.15, -0.1) is 11.3 Å². The molecule has 0 bridgehead atoms. The highest BCUT2D eigenvalue weighted by Gasteiger charge is 2.16. The first-order valence-corrected chi connectivity index (χ1v) is 6.73. The normalized spacial score (nSPS) is 12.4. The zero-order valence-electron chi connectivity index (χ0n) is 10.4. The molecule has 2 aromatic heterocycles. The van der Waals surface area contributed by atoms with Crippen molar-refractivity contribution in [1.29, 1.82) is 0 Å². The number of carbonyl (C=O) groups excluding carboxylic acids is 1. The first-order valence-electron chi connectivity index (χ1n) is 5.53. The molecule has 0 saturated carbocycles. The van der Waals surface area contributed by atoms with Crippen LogP contribution >= 0.6 is 22.9 Å². The Labute approximate surface area is 115 Å². The number of amides is 1. The van der Waals surface area contributed by atoms with E-state index in [9.17, 15) is 4.79 Å². The maximum absolute atomic E-state index is 12.1. The van der Waals surface area contributed by atoms with E-state index in [4.69, 9.17) is 11.6 Å². The van der Waals surface area contributed by atoms with Gasteiger partial charge in [0.25, 0.3) is 5.91 Å². The molecule has 2 aromatic rings. The summed E-state index contributed by atoms with van der Waals surface area (Å²) < 4.78 is 2.41. The summed E-state index contributed by atoms with van der Waals surface area (Å²) >= 11 is 7.35. The lowest BCUT2D eigenvalue weighted by molar-refractivity contribution is 0.0940. The lowest BCUT2D eigenvalue weighted by atomic mass is 10.2. The van der Waals surface area contributed by atoms with Crippen LogP contribution in [0.4, 0.5) is 0 Å². The van der Waals surface area contributed by atoms with Crippen LogP contribution in [0.15, 0.2) is 18.3 Å². The number of aryl methyl sites for hydroxylation is 1. The van der Waals surface area contributed by atoms with Crippen molar-refractivity contribution >= 4 is 28.8 Å². The number of nitrogens with one attached hydrogen (secondary N) is 1. The van der Waals surface area contributed by atoms with Crippen molar-refractivity contribution in [3.63, 3.8) is 0 Å². The van der Waals surface area contributed by atoms with E-state index < -0.39 is 0 Å². The molecule has 0 spiro atoms. The summed E-state index contributed by atoms with van der Waals surface area (Å²) in [7, 11) is 1.81. The summed E-state index contributed by atoms with van der Waals surface area (Å²) in [6, 6.07) is 3.70. The van der Waals surface area contributed by atoms with Gasteiger partial charge in [0.15, 0.2) is 0 Å². The topological polar surface area (TPSA) is 46.9 Å². The second-order valence-corrected chi connectivity index (χ2v) is 5.85. The molecular weight excluding hydrogens is 270 g/mol. The largest absolute Gasteiger partial charge is 0.345 e. The average Bonchev–Trinajstić information content (AvgIpc) is 2.87. The van der Waals surface area contributed by atoms with E-state index in [0.717, 1.165) is 14.9 Å². The molecule has 4 nitrogen and oxygen atoms in total. The molecule has 6 heteroatoms. The third-order valence-electron chi connectivity index (χ3n) is 2.85. The maximum Gasteiger partial charge on any atom is 0.255 e. The number of thiophene rings is 1. The second-order valence-electron chi connectivity index (χ2n) is 4.10. The molecule has 0 aliphatic rings. The molecule has 1 N–H and O–H groups in total. The van der Waals surface area contributed by atoms with Crippen LogP contribution in [-0.2, 0) is 7.05 Å². The minimum atomic E-state index is -0.113. The summed E-state index contributed by atoms with van der Waals surface area (Å²) in [5.41, 5.74) is 1.45. The number of rotatable bonds is 3. The highest BCUT2D eigenvalue weighted by molar-refractivity contribution is 7.16. The van der Waals surface area contributed by atoms with E-state index in [1.54, 1.807) is 10.9 Å². The molecule has 2 rings (SSSR count). The van der Waals surface area contributed by atoms with Crippen molar-refractivity contribution < 1.29 is 4.79 Å². The van der Waals surface area contributed by atoms with E-state index in [-0.39, 0.29) is 11.9 Å². The lowest BCUT2D eigenvalue weighted by Crippen LogP contribution is -2.26. The standard InChI is InChI=1S/C12H14ClN3OS/c1-7(10-4-5-11(13)18-10)15-12(17)9-6-14-16(3)8(9)2/h4-7H,1-3H3,(H,15,17). The quantitative estimate of drug-likeness (QED) is 0.941. The van der Waals surface area contributed by atoms with Gasteiger partial charge in [0.2, 0.25) is 0 Å². The fourth-order valence-corrected chi connectivity index (χ4v) is 2.69. The zero-order valence-corrected chi connectivity index (χ0v) is 12.0. The Morgan fingerprint density at radius 2 is 2.28 bits per heavy atom. The zero-order chi connectivity index (χ0) is 13.3. The predicted octanol–water partition coefficient (Wildman–Crippen LogP) is 2.93. The fourth-order valence-electron chi connectivity index (χ4n) is 1.63. The van der Waals surface area contributed by atoms with Gasteiger partial charge in [-0.2, -0.15) is 5.10 Å². The van der Waals surface area contributed by atoms with Crippen molar-refractivity contribution in [1.82, 2.24) is 15.1 Å². The van der Waals surface area contributed by atoms with Gasteiger partial charge in [0.1, 0.15) is 0 Å². The fraction of sp³-hybridized carbons (Fsp3) is 0.333. The molecule has 0 fully saturated rings. The summed E-state index contributed by atoms with van der Waals surface area (Å²) in [6.07, 6.45) is 1.58. The first kappa shape index (κ1) is 13.1. The smallest absolute Gasteiger partial charge is 0.255 e. The van der Waals surface area contributed by atoms with Gasteiger partial charge in [-0.1, -0.05) is 11.6 Å². The van der Waals surface area contributed by atoms with Crippen molar-refractivity contribution in [2.24, 2.45) is 7.05 Å². The van der Waals surface area contributed by atoms with Gasteiger partial charge in [0, 0.05) is 17.6 Å². The summed E-state index contributed by atoms with van der Waals surface area (Å²) in [4.78, 5) is 13.1. The molecule has 0 radical (unpaired) electrons. The van der Waals surface area contributed by atoms with E-state index in [2.05, 4.69) is 10.4 Å². The highest BCUT2D eigenvalue weighted by Crippen LogP contribution is 2.26. The Bertz CT molecular complexity index is 576. The Balaban J connectivity index is 2.10. The van der Waals surface area contributed by atoms with Crippen LogP contribution in [0.3, 0.4) is 0 Å². The van der Waals surface area contributed by atoms with Crippen molar-refractivity contribution in [2.45, 2.75) is 19.9 Å². The van der Waals surface area contributed by atoms with Gasteiger partial charge >= 0.3 is 0 Å². The third-order valence-corrected chi connectivity index (χ3v) is 4.26. The molecule has 1 unspecified atom stereocenters. The van der Waals surface area contributed by atoms with Crippen molar-refractivity contribution in [2.75, 3.05) is 0 Å². The molecule has 0 saturated heterocycles. The molecule has 96 valence electrons. The van der Waals surface area contributed by atoms with Crippen LogP contribution in [0.1, 0.15) is 33.9 Å². The maximum atomic E-state index is 12.1. The van der Waals surface area contributed by atoms with Crippen LogP contribution in [0.2, 0.25) is 4.34 Å². The van der Waals surface area contributed by atoms with Crippen LogP contribution in [0.5, 0.6) is 0 Å². The Kier molecular flexibility index (Phi) is 3.73. The van der Waals surface area contributed by atoms with Gasteiger partial charge in [-0.05, 0) is 26.0 Å². The van der Waals surface area contributed by atoms with E-state index in [1.165, 1.54) is 11.3 Å². The lowest BCUT2D eigenvalue weighted by Gasteiger charge is -2.11. The molecule has 1 atom stereocenters.